The summed E-state index contributed by atoms with van der Waals surface area (Å²) in [5.74, 6) is -2.53. The van der Waals surface area contributed by atoms with Crippen LogP contribution in [0.4, 0.5) is 14.7 Å². The van der Waals surface area contributed by atoms with Crippen LogP contribution in [-0.4, -0.2) is 30.3 Å². The molecule has 0 saturated carbocycles. The molecule has 2 aromatic rings. The van der Waals surface area contributed by atoms with Gasteiger partial charge >= 0.3 is 5.76 Å². The Kier molecular flexibility index (Phi) is 3.40. The average molecular weight is 313 g/mol. The minimum atomic E-state index is -4.52. The summed E-state index contributed by atoms with van der Waals surface area (Å²) in [7, 11) is -4.52. The smallest absolute Gasteiger partial charge is 0.336 e. The molecule has 0 fully saturated rings. The highest BCUT2D eigenvalue weighted by molar-refractivity contribution is 7.91. The van der Waals surface area contributed by atoms with E-state index in [1.807, 2.05) is 10.8 Å². The average Bonchev–Trinajstić information content (AvgIpc) is 3.04. The van der Waals surface area contributed by atoms with Gasteiger partial charge in [-0.3, -0.25) is 0 Å². The highest BCUT2D eigenvalue weighted by atomic mass is 32.2. The van der Waals surface area contributed by atoms with Gasteiger partial charge in [0.15, 0.2) is 0 Å². The van der Waals surface area contributed by atoms with Gasteiger partial charge in [-0.1, -0.05) is 12.1 Å². The van der Waals surface area contributed by atoms with E-state index in [0.717, 1.165) is 24.6 Å². The van der Waals surface area contributed by atoms with Gasteiger partial charge in [0, 0.05) is 32.0 Å². The molecule has 2 heterocycles. The number of benzene rings is 1. The normalized spacial score (nSPS) is 14.7. The quantitative estimate of drug-likeness (QED) is 0.865. The van der Waals surface area contributed by atoms with Crippen molar-refractivity contribution in [2.75, 3.05) is 11.4 Å². The predicted molar refractivity (Wildman–Crippen MR) is 72.9 cm³/mol. The molecular formula is C13H13F2N3O2S. The van der Waals surface area contributed by atoms with Crippen LogP contribution in [0.15, 0.2) is 41.6 Å². The lowest BCUT2D eigenvalue weighted by atomic mass is 10.2. The summed E-state index contributed by atoms with van der Waals surface area (Å²) in [6.07, 6.45) is 3.62. The fourth-order valence-corrected chi connectivity index (χ4v) is 3.07. The zero-order valence-electron chi connectivity index (χ0n) is 11.0. The van der Waals surface area contributed by atoms with Crippen LogP contribution in [0.3, 0.4) is 0 Å². The van der Waals surface area contributed by atoms with Crippen LogP contribution in [0.25, 0.3) is 0 Å². The summed E-state index contributed by atoms with van der Waals surface area (Å²) in [5.41, 5.74) is 0.847. The molecule has 21 heavy (non-hydrogen) atoms. The van der Waals surface area contributed by atoms with E-state index in [1.165, 1.54) is 12.1 Å². The Hall–Kier alpha value is -1.96. The van der Waals surface area contributed by atoms with Crippen LogP contribution >= 0.6 is 0 Å². The van der Waals surface area contributed by atoms with Gasteiger partial charge < -0.3 is 9.47 Å². The predicted octanol–water partition coefficient (Wildman–Crippen LogP) is 1.90. The second kappa shape index (κ2) is 5.10. The first-order valence-electron chi connectivity index (χ1n) is 6.35. The molecule has 0 amide bonds. The first-order valence-corrected chi connectivity index (χ1v) is 7.90. The van der Waals surface area contributed by atoms with Gasteiger partial charge in [0.25, 0.3) is 0 Å². The SMILES string of the molecule is O=S(=O)(c1ccc(CN2CCn3ccnc32)cc1)C(F)F. The molecule has 1 aromatic carbocycles. The van der Waals surface area contributed by atoms with Crippen LogP contribution in [0.5, 0.6) is 0 Å². The van der Waals surface area contributed by atoms with Crippen molar-refractivity contribution in [3.8, 4) is 0 Å². The Morgan fingerprint density at radius 3 is 2.57 bits per heavy atom. The number of imidazole rings is 1. The van der Waals surface area contributed by atoms with Crippen molar-refractivity contribution in [2.45, 2.75) is 23.7 Å². The van der Waals surface area contributed by atoms with E-state index in [4.69, 9.17) is 0 Å². The van der Waals surface area contributed by atoms with E-state index in [0.29, 0.717) is 6.54 Å². The fourth-order valence-electron chi connectivity index (χ4n) is 2.35. The minimum absolute atomic E-state index is 0.357. The molecule has 0 unspecified atom stereocenters. The van der Waals surface area contributed by atoms with E-state index in [-0.39, 0.29) is 4.90 Å². The van der Waals surface area contributed by atoms with Crippen molar-refractivity contribution in [3.05, 3.63) is 42.2 Å². The zero-order valence-corrected chi connectivity index (χ0v) is 11.8. The fraction of sp³-hybridized carbons (Fsp3) is 0.308. The van der Waals surface area contributed by atoms with Gasteiger partial charge in [0.1, 0.15) is 0 Å². The number of aromatic nitrogens is 2. The van der Waals surface area contributed by atoms with Gasteiger partial charge in [-0.25, -0.2) is 13.4 Å². The first kappa shape index (κ1) is 14.0. The molecule has 1 aliphatic rings. The highest BCUT2D eigenvalue weighted by Crippen LogP contribution is 2.23. The molecule has 0 atom stereocenters. The van der Waals surface area contributed by atoms with E-state index in [9.17, 15) is 17.2 Å². The molecule has 0 radical (unpaired) electrons. The van der Waals surface area contributed by atoms with Crippen molar-refractivity contribution < 1.29 is 17.2 Å². The van der Waals surface area contributed by atoms with E-state index in [2.05, 4.69) is 9.88 Å². The van der Waals surface area contributed by atoms with Crippen molar-refractivity contribution in [2.24, 2.45) is 0 Å². The Balaban J connectivity index is 1.77. The van der Waals surface area contributed by atoms with Crippen LogP contribution < -0.4 is 4.90 Å². The molecule has 3 rings (SSSR count). The van der Waals surface area contributed by atoms with Crippen molar-refractivity contribution in [1.29, 1.82) is 0 Å². The third kappa shape index (κ3) is 2.51. The molecule has 5 nitrogen and oxygen atoms in total. The number of sulfone groups is 1. The van der Waals surface area contributed by atoms with E-state index >= 15 is 0 Å². The summed E-state index contributed by atoms with van der Waals surface area (Å²) in [5, 5.41) is 0. The molecular weight excluding hydrogens is 300 g/mol. The topological polar surface area (TPSA) is 55.2 Å². The number of fused-ring (bicyclic) bond motifs is 1. The number of anilines is 1. The van der Waals surface area contributed by atoms with Gasteiger partial charge in [-0.15, -0.1) is 0 Å². The molecule has 0 spiro atoms. The van der Waals surface area contributed by atoms with Crippen LogP contribution in [-0.2, 0) is 22.9 Å². The van der Waals surface area contributed by atoms with Crippen molar-refractivity contribution in [3.63, 3.8) is 0 Å². The van der Waals surface area contributed by atoms with Crippen molar-refractivity contribution in [1.82, 2.24) is 9.55 Å². The Morgan fingerprint density at radius 1 is 1.19 bits per heavy atom. The van der Waals surface area contributed by atoms with Gasteiger partial charge in [-0.2, -0.15) is 8.78 Å². The summed E-state index contributed by atoms with van der Waals surface area (Å²) in [4.78, 5) is 5.94. The molecule has 0 saturated heterocycles. The lowest BCUT2D eigenvalue weighted by molar-refractivity contribution is 0.234. The summed E-state index contributed by atoms with van der Waals surface area (Å²) < 4.78 is 49.6. The summed E-state index contributed by atoms with van der Waals surface area (Å²) >= 11 is 0. The molecule has 8 heteroatoms. The van der Waals surface area contributed by atoms with Crippen LogP contribution in [0.1, 0.15) is 5.56 Å². The maximum Gasteiger partial charge on any atom is 0.341 e. The molecule has 0 aliphatic carbocycles. The molecule has 112 valence electrons. The lowest BCUT2D eigenvalue weighted by Gasteiger charge is -2.16. The van der Waals surface area contributed by atoms with Gasteiger partial charge in [0.05, 0.1) is 4.90 Å². The number of hydrogen-bond donors (Lipinski definition) is 0. The second-order valence-electron chi connectivity index (χ2n) is 4.79. The van der Waals surface area contributed by atoms with Crippen molar-refractivity contribution >= 4 is 15.8 Å². The van der Waals surface area contributed by atoms with Gasteiger partial charge in [0.2, 0.25) is 15.8 Å². The Bertz CT molecular complexity index is 741. The first-order chi connectivity index (χ1) is 9.98. The second-order valence-corrected chi connectivity index (χ2v) is 6.71. The maximum atomic E-state index is 12.4. The molecule has 1 aromatic heterocycles. The maximum absolute atomic E-state index is 12.4. The summed E-state index contributed by atoms with van der Waals surface area (Å²) in [6.45, 7) is 2.24. The number of hydrogen-bond acceptors (Lipinski definition) is 4. The number of nitrogens with zero attached hydrogens (tertiary/aromatic N) is 3. The minimum Gasteiger partial charge on any atom is -0.336 e. The monoisotopic (exact) mass is 313 g/mol. The molecule has 0 N–H and O–H groups in total. The number of alkyl halides is 2. The standard InChI is InChI=1S/C13H13F2N3O2S/c14-12(15)21(19,20)11-3-1-10(2-4-11)9-18-8-7-17-6-5-16-13(17)18/h1-6,12H,7-9H2. The highest BCUT2D eigenvalue weighted by Gasteiger charge is 2.26. The van der Waals surface area contributed by atoms with Crippen LogP contribution in [0, 0.1) is 0 Å². The third-order valence-corrected chi connectivity index (χ3v) is 4.85. The largest absolute Gasteiger partial charge is 0.341 e. The van der Waals surface area contributed by atoms with Crippen LogP contribution in [0.2, 0.25) is 0 Å². The van der Waals surface area contributed by atoms with Gasteiger partial charge in [-0.05, 0) is 17.7 Å². The lowest BCUT2D eigenvalue weighted by Crippen LogP contribution is -2.20. The molecule has 0 bridgehead atoms. The molecule has 1 aliphatic heterocycles. The van der Waals surface area contributed by atoms with E-state index < -0.39 is 15.6 Å². The zero-order chi connectivity index (χ0) is 15.0. The Morgan fingerprint density at radius 2 is 1.90 bits per heavy atom. The number of rotatable bonds is 4. The summed E-state index contributed by atoms with van der Waals surface area (Å²) in [6, 6.07) is 5.56. The van der Waals surface area contributed by atoms with E-state index in [1.54, 1.807) is 18.3 Å². The number of halogens is 2. The third-order valence-electron chi connectivity index (χ3n) is 3.45. The Labute approximate surface area is 120 Å².